The number of rotatable bonds is 4. The normalized spacial score (nSPS) is 15.6. The van der Waals surface area contributed by atoms with Gasteiger partial charge in [-0.3, -0.25) is 0 Å². The fourth-order valence-corrected chi connectivity index (χ4v) is 2.34. The molecule has 0 saturated carbocycles. The first-order valence-corrected chi connectivity index (χ1v) is 7.67. The van der Waals surface area contributed by atoms with Crippen LogP contribution in [0, 0.1) is 5.92 Å². The molecule has 0 spiro atoms. The van der Waals surface area contributed by atoms with E-state index in [4.69, 9.17) is 21.1 Å². The van der Waals surface area contributed by atoms with Gasteiger partial charge in [0.15, 0.2) is 0 Å². The molecule has 1 atom stereocenters. The molecule has 0 saturated heterocycles. The minimum absolute atomic E-state index is 0.0292. The molecule has 0 aliphatic carbocycles. The molecule has 0 bridgehead atoms. The van der Waals surface area contributed by atoms with Crippen molar-refractivity contribution in [2.24, 2.45) is 5.92 Å². The van der Waals surface area contributed by atoms with Crippen LogP contribution in [0.15, 0.2) is 0 Å². The lowest BCUT2D eigenvalue weighted by Gasteiger charge is -2.27. The maximum Gasteiger partial charge on any atom is 0.329 e. The third kappa shape index (κ3) is 4.08. The standard InChI is InChI=1S/C15H22ClN3O3/c1-8(2)11(13(20)22-15(3,4)5)18-12-9-6-21-7-10(9)17-14(16)19-12/h8,11H,6-7H2,1-5H3,(H,17,18,19)/t11-/m1/s1. The summed E-state index contributed by atoms with van der Waals surface area (Å²) in [4.78, 5) is 20.7. The summed E-state index contributed by atoms with van der Waals surface area (Å²) in [6, 6.07) is -0.519. The summed E-state index contributed by atoms with van der Waals surface area (Å²) in [5.74, 6) is 0.253. The molecular formula is C15H22ClN3O3. The van der Waals surface area contributed by atoms with E-state index in [0.717, 1.165) is 11.3 Å². The van der Waals surface area contributed by atoms with Gasteiger partial charge in [0.2, 0.25) is 5.28 Å². The van der Waals surface area contributed by atoms with E-state index in [1.54, 1.807) is 0 Å². The summed E-state index contributed by atoms with van der Waals surface area (Å²) in [5, 5.41) is 3.29. The SMILES string of the molecule is CC(C)[C@@H](Nc1nc(Cl)nc2c1COC2)C(=O)OC(C)(C)C. The number of nitrogens with zero attached hydrogens (tertiary/aromatic N) is 2. The topological polar surface area (TPSA) is 73.3 Å². The second kappa shape index (κ2) is 6.38. The fraction of sp³-hybridized carbons (Fsp3) is 0.667. The number of nitrogens with one attached hydrogen (secondary N) is 1. The van der Waals surface area contributed by atoms with E-state index in [1.807, 2.05) is 34.6 Å². The Hall–Kier alpha value is -1.40. The Morgan fingerprint density at radius 1 is 1.32 bits per heavy atom. The number of hydrogen-bond donors (Lipinski definition) is 1. The largest absolute Gasteiger partial charge is 0.458 e. The van der Waals surface area contributed by atoms with E-state index in [9.17, 15) is 4.79 Å². The van der Waals surface area contributed by atoms with E-state index in [-0.39, 0.29) is 17.2 Å². The van der Waals surface area contributed by atoms with E-state index in [0.29, 0.717) is 19.0 Å². The van der Waals surface area contributed by atoms with Gasteiger partial charge in [0, 0.05) is 5.56 Å². The van der Waals surface area contributed by atoms with Gasteiger partial charge >= 0.3 is 5.97 Å². The number of aromatic nitrogens is 2. The van der Waals surface area contributed by atoms with Crippen molar-refractivity contribution in [1.29, 1.82) is 0 Å². The number of fused-ring (bicyclic) bond motifs is 1. The molecule has 7 heteroatoms. The molecule has 6 nitrogen and oxygen atoms in total. The fourth-order valence-electron chi connectivity index (χ4n) is 2.15. The van der Waals surface area contributed by atoms with E-state index in [2.05, 4.69) is 15.3 Å². The second-order valence-corrected chi connectivity index (χ2v) is 7.00. The van der Waals surface area contributed by atoms with Crippen LogP contribution in [0.3, 0.4) is 0 Å². The highest BCUT2D eigenvalue weighted by Crippen LogP contribution is 2.27. The first-order chi connectivity index (χ1) is 10.2. The molecule has 0 unspecified atom stereocenters. The first-order valence-electron chi connectivity index (χ1n) is 7.30. The predicted octanol–water partition coefficient (Wildman–Crippen LogP) is 2.94. The number of hydrogen-bond acceptors (Lipinski definition) is 6. The van der Waals surface area contributed by atoms with Crippen LogP contribution in [0.1, 0.15) is 45.9 Å². The first kappa shape index (κ1) is 17.0. The van der Waals surface area contributed by atoms with Crippen LogP contribution >= 0.6 is 11.6 Å². The summed E-state index contributed by atoms with van der Waals surface area (Å²) in [7, 11) is 0. The molecule has 122 valence electrons. The van der Waals surface area contributed by atoms with Crippen molar-refractivity contribution in [1.82, 2.24) is 9.97 Å². The Morgan fingerprint density at radius 2 is 2.00 bits per heavy atom. The zero-order chi connectivity index (χ0) is 16.5. The van der Waals surface area contributed by atoms with E-state index < -0.39 is 11.6 Å². The summed E-state index contributed by atoms with van der Waals surface area (Å²) in [6.45, 7) is 10.2. The number of carbonyl (C=O) groups is 1. The third-order valence-electron chi connectivity index (χ3n) is 3.17. The Labute approximate surface area is 135 Å². The lowest BCUT2D eigenvalue weighted by Crippen LogP contribution is -2.40. The molecule has 1 aliphatic rings. The Balaban J connectivity index is 2.24. The average Bonchev–Trinajstić information content (AvgIpc) is 2.80. The number of esters is 1. The minimum atomic E-state index is -0.541. The summed E-state index contributed by atoms with van der Waals surface area (Å²) < 4.78 is 10.9. The Morgan fingerprint density at radius 3 is 2.59 bits per heavy atom. The van der Waals surface area contributed by atoms with Gasteiger partial charge in [0.25, 0.3) is 0 Å². The molecule has 2 heterocycles. The van der Waals surface area contributed by atoms with Crippen molar-refractivity contribution in [3.8, 4) is 0 Å². The van der Waals surface area contributed by atoms with Gasteiger partial charge < -0.3 is 14.8 Å². The molecule has 2 rings (SSSR count). The zero-order valence-electron chi connectivity index (χ0n) is 13.6. The molecule has 22 heavy (non-hydrogen) atoms. The van der Waals surface area contributed by atoms with E-state index >= 15 is 0 Å². The van der Waals surface area contributed by atoms with Gasteiger partial charge in [-0.2, -0.15) is 0 Å². The summed E-state index contributed by atoms with van der Waals surface area (Å²) in [5.41, 5.74) is 1.06. The molecule has 1 aromatic heterocycles. The van der Waals surface area contributed by atoms with Crippen molar-refractivity contribution >= 4 is 23.4 Å². The molecule has 1 aliphatic heterocycles. The second-order valence-electron chi connectivity index (χ2n) is 6.66. The van der Waals surface area contributed by atoms with Gasteiger partial charge in [-0.15, -0.1) is 0 Å². The smallest absolute Gasteiger partial charge is 0.329 e. The van der Waals surface area contributed by atoms with Crippen LogP contribution in [-0.4, -0.2) is 27.6 Å². The highest BCUT2D eigenvalue weighted by atomic mass is 35.5. The lowest BCUT2D eigenvalue weighted by molar-refractivity contribution is -0.156. The van der Waals surface area contributed by atoms with Crippen molar-refractivity contribution in [2.75, 3.05) is 5.32 Å². The summed E-state index contributed by atoms with van der Waals surface area (Å²) in [6.07, 6.45) is 0. The molecule has 1 aromatic rings. The lowest BCUT2D eigenvalue weighted by atomic mass is 10.0. The van der Waals surface area contributed by atoms with Gasteiger partial charge in [0.05, 0.1) is 18.9 Å². The van der Waals surface area contributed by atoms with Crippen molar-refractivity contribution in [3.05, 3.63) is 16.5 Å². The Kier molecular flexibility index (Phi) is 4.92. The van der Waals surface area contributed by atoms with Crippen LogP contribution in [0.25, 0.3) is 0 Å². The number of ether oxygens (including phenoxy) is 2. The van der Waals surface area contributed by atoms with Gasteiger partial charge in [-0.05, 0) is 38.3 Å². The molecule has 0 radical (unpaired) electrons. The zero-order valence-corrected chi connectivity index (χ0v) is 14.3. The third-order valence-corrected chi connectivity index (χ3v) is 3.34. The van der Waals surface area contributed by atoms with Crippen LogP contribution in [0.2, 0.25) is 5.28 Å². The maximum atomic E-state index is 12.4. The van der Waals surface area contributed by atoms with Crippen LogP contribution in [0.5, 0.6) is 0 Å². The molecular weight excluding hydrogens is 306 g/mol. The summed E-state index contributed by atoms with van der Waals surface area (Å²) >= 11 is 5.94. The monoisotopic (exact) mass is 327 g/mol. The predicted molar refractivity (Wildman–Crippen MR) is 83.6 cm³/mol. The van der Waals surface area contributed by atoms with Gasteiger partial charge in [-0.1, -0.05) is 13.8 Å². The molecule has 0 aromatic carbocycles. The average molecular weight is 328 g/mol. The molecule has 1 N–H and O–H groups in total. The molecule has 0 amide bonds. The highest BCUT2D eigenvalue weighted by molar-refractivity contribution is 6.28. The Bertz CT molecular complexity index is 570. The number of carbonyl (C=O) groups excluding carboxylic acids is 1. The molecule has 0 fully saturated rings. The van der Waals surface area contributed by atoms with E-state index in [1.165, 1.54) is 0 Å². The maximum absolute atomic E-state index is 12.4. The van der Waals surface area contributed by atoms with Crippen molar-refractivity contribution < 1.29 is 14.3 Å². The van der Waals surface area contributed by atoms with Gasteiger partial charge in [0.1, 0.15) is 17.5 Å². The number of anilines is 1. The van der Waals surface area contributed by atoms with Crippen LogP contribution in [0.4, 0.5) is 5.82 Å². The highest BCUT2D eigenvalue weighted by Gasteiger charge is 2.30. The quantitative estimate of drug-likeness (QED) is 0.677. The van der Waals surface area contributed by atoms with Crippen LogP contribution < -0.4 is 5.32 Å². The van der Waals surface area contributed by atoms with Gasteiger partial charge in [-0.25, -0.2) is 14.8 Å². The minimum Gasteiger partial charge on any atom is -0.458 e. The number of halogens is 1. The van der Waals surface area contributed by atoms with Crippen LogP contribution in [-0.2, 0) is 27.5 Å². The van der Waals surface area contributed by atoms with Crippen molar-refractivity contribution in [3.63, 3.8) is 0 Å². The van der Waals surface area contributed by atoms with Crippen molar-refractivity contribution in [2.45, 2.75) is 59.5 Å².